The van der Waals surface area contributed by atoms with Crippen LogP contribution in [0.3, 0.4) is 0 Å². The van der Waals surface area contributed by atoms with E-state index in [1.807, 2.05) is 6.92 Å². The molecule has 0 spiro atoms. The first-order valence-electron chi connectivity index (χ1n) is 4.32. The molecule has 1 aromatic rings. The van der Waals surface area contributed by atoms with Crippen LogP contribution in [0.15, 0.2) is 5.38 Å². The lowest BCUT2D eigenvalue weighted by atomic mass is 10.4. The molecule has 0 aromatic carbocycles. The maximum Gasteiger partial charge on any atom is 0.270 e. The fraction of sp³-hybridized carbons (Fsp3) is 0.500. The van der Waals surface area contributed by atoms with Crippen LogP contribution in [-0.2, 0) is 10.8 Å². The molecule has 0 aliphatic heterocycles. The van der Waals surface area contributed by atoms with Crippen molar-refractivity contribution in [3.05, 3.63) is 11.1 Å². The van der Waals surface area contributed by atoms with Crippen LogP contribution < -0.4 is 11.1 Å². The Morgan fingerprint density at radius 1 is 1.80 bits per heavy atom. The topological polar surface area (TPSA) is 85.1 Å². The highest BCUT2D eigenvalue weighted by atomic mass is 32.2. The van der Waals surface area contributed by atoms with E-state index in [9.17, 15) is 9.00 Å². The molecule has 1 aromatic heterocycles. The van der Waals surface area contributed by atoms with E-state index in [1.165, 1.54) is 11.3 Å². The number of amides is 1. The normalized spacial score (nSPS) is 14.5. The Hall–Kier alpha value is -0.950. The molecule has 5 nitrogen and oxygen atoms in total. The van der Waals surface area contributed by atoms with Crippen molar-refractivity contribution in [2.45, 2.75) is 12.2 Å². The molecule has 84 valence electrons. The molecule has 0 fully saturated rings. The molecule has 2 atom stereocenters. The SMILES string of the molecule is CC(CNC(=O)c1csc(N)n1)S(C)=O. The number of carbonyl (C=O) groups is 1. The molecular formula is C8H13N3O2S2. The molecule has 0 bridgehead atoms. The second-order valence-corrected chi connectivity index (χ2v) is 5.78. The Balaban J connectivity index is 2.47. The van der Waals surface area contributed by atoms with Crippen molar-refractivity contribution in [1.29, 1.82) is 0 Å². The number of aromatic nitrogens is 1. The molecule has 0 saturated heterocycles. The van der Waals surface area contributed by atoms with Gasteiger partial charge in [-0.25, -0.2) is 4.98 Å². The predicted molar refractivity (Wildman–Crippen MR) is 62.4 cm³/mol. The third-order valence-electron chi connectivity index (χ3n) is 1.87. The lowest BCUT2D eigenvalue weighted by Gasteiger charge is -2.08. The molecule has 1 heterocycles. The Kier molecular flexibility index (Phi) is 4.22. The van der Waals surface area contributed by atoms with E-state index in [0.29, 0.717) is 17.4 Å². The fourth-order valence-electron chi connectivity index (χ4n) is 0.836. The van der Waals surface area contributed by atoms with Gasteiger partial charge in [0.25, 0.3) is 5.91 Å². The van der Waals surface area contributed by atoms with Gasteiger partial charge in [0.1, 0.15) is 5.69 Å². The Bertz CT molecular complexity index is 378. The molecule has 3 N–H and O–H groups in total. The first-order chi connectivity index (χ1) is 7.00. The largest absolute Gasteiger partial charge is 0.375 e. The van der Waals surface area contributed by atoms with Crippen molar-refractivity contribution in [3.8, 4) is 0 Å². The number of anilines is 1. The van der Waals surface area contributed by atoms with E-state index in [2.05, 4.69) is 10.3 Å². The van der Waals surface area contributed by atoms with E-state index in [0.717, 1.165) is 0 Å². The van der Waals surface area contributed by atoms with Crippen LogP contribution in [0, 0.1) is 0 Å². The number of rotatable bonds is 4. The average molecular weight is 247 g/mol. The minimum Gasteiger partial charge on any atom is -0.375 e. The molecule has 2 unspecified atom stereocenters. The molecule has 0 radical (unpaired) electrons. The number of nitrogen functional groups attached to an aromatic ring is 1. The van der Waals surface area contributed by atoms with Gasteiger partial charge in [0.15, 0.2) is 5.13 Å². The van der Waals surface area contributed by atoms with Gasteiger partial charge in [0.05, 0.1) is 0 Å². The summed E-state index contributed by atoms with van der Waals surface area (Å²) < 4.78 is 11.0. The summed E-state index contributed by atoms with van der Waals surface area (Å²) in [4.78, 5) is 15.3. The number of thiazole rings is 1. The van der Waals surface area contributed by atoms with Gasteiger partial charge in [0, 0.05) is 34.2 Å². The van der Waals surface area contributed by atoms with E-state index in [-0.39, 0.29) is 11.2 Å². The molecule has 1 rings (SSSR count). The van der Waals surface area contributed by atoms with Crippen molar-refractivity contribution in [1.82, 2.24) is 10.3 Å². The van der Waals surface area contributed by atoms with E-state index in [1.54, 1.807) is 11.6 Å². The molecular weight excluding hydrogens is 234 g/mol. The van der Waals surface area contributed by atoms with E-state index < -0.39 is 10.8 Å². The average Bonchev–Trinajstić information content (AvgIpc) is 2.60. The molecule has 7 heteroatoms. The van der Waals surface area contributed by atoms with Crippen LogP contribution in [0.25, 0.3) is 0 Å². The summed E-state index contributed by atoms with van der Waals surface area (Å²) in [5.41, 5.74) is 5.71. The number of hydrogen-bond donors (Lipinski definition) is 2. The molecule has 15 heavy (non-hydrogen) atoms. The fourth-order valence-corrected chi connectivity index (χ4v) is 1.70. The first-order valence-corrected chi connectivity index (χ1v) is 6.82. The van der Waals surface area contributed by atoms with E-state index in [4.69, 9.17) is 5.73 Å². The van der Waals surface area contributed by atoms with E-state index >= 15 is 0 Å². The quantitative estimate of drug-likeness (QED) is 0.797. The highest BCUT2D eigenvalue weighted by Crippen LogP contribution is 2.10. The van der Waals surface area contributed by atoms with Crippen LogP contribution in [0.1, 0.15) is 17.4 Å². The van der Waals surface area contributed by atoms with Gasteiger partial charge in [-0.1, -0.05) is 0 Å². The second kappa shape index (κ2) is 5.22. The van der Waals surface area contributed by atoms with Crippen LogP contribution >= 0.6 is 11.3 Å². The molecule has 0 aliphatic carbocycles. The molecule has 0 aliphatic rings. The van der Waals surface area contributed by atoms with Crippen molar-refractivity contribution in [2.24, 2.45) is 0 Å². The maximum absolute atomic E-state index is 11.5. The zero-order valence-electron chi connectivity index (χ0n) is 8.52. The van der Waals surface area contributed by atoms with Gasteiger partial charge < -0.3 is 11.1 Å². The zero-order valence-corrected chi connectivity index (χ0v) is 10.2. The summed E-state index contributed by atoms with van der Waals surface area (Å²) >= 11 is 1.22. The van der Waals surface area contributed by atoms with Crippen molar-refractivity contribution < 1.29 is 9.00 Å². The summed E-state index contributed by atoms with van der Waals surface area (Å²) in [5, 5.41) is 4.55. The monoisotopic (exact) mass is 247 g/mol. The highest BCUT2D eigenvalue weighted by Gasteiger charge is 2.12. The Morgan fingerprint density at radius 3 is 2.93 bits per heavy atom. The van der Waals surface area contributed by atoms with Crippen LogP contribution in [-0.4, -0.2) is 33.2 Å². The zero-order chi connectivity index (χ0) is 11.4. The lowest BCUT2D eigenvalue weighted by Crippen LogP contribution is -2.32. The Labute approximate surface area is 94.5 Å². The summed E-state index contributed by atoms with van der Waals surface area (Å²) in [5.74, 6) is -0.278. The number of nitrogens with one attached hydrogen (secondary N) is 1. The number of carbonyl (C=O) groups excluding carboxylic acids is 1. The minimum absolute atomic E-state index is 0.0649. The summed E-state index contributed by atoms with van der Waals surface area (Å²) in [7, 11) is -0.935. The Morgan fingerprint density at radius 2 is 2.47 bits per heavy atom. The van der Waals surface area contributed by atoms with Crippen LogP contribution in [0.5, 0.6) is 0 Å². The van der Waals surface area contributed by atoms with Gasteiger partial charge in [0.2, 0.25) is 0 Å². The van der Waals surface area contributed by atoms with Crippen molar-refractivity contribution >= 4 is 33.2 Å². The second-order valence-electron chi connectivity index (χ2n) is 3.09. The van der Waals surface area contributed by atoms with Crippen LogP contribution in [0.2, 0.25) is 0 Å². The molecule has 1 amide bonds. The summed E-state index contributed by atoms with van der Waals surface area (Å²) in [6.45, 7) is 2.19. The highest BCUT2D eigenvalue weighted by molar-refractivity contribution is 7.84. The third-order valence-corrected chi connectivity index (χ3v) is 3.85. The predicted octanol–water partition coefficient (Wildman–Crippen LogP) is 0.222. The lowest BCUT2D eigenvalue weighted by molar-refractivity contribution is 0.0950. The van der Waals surface area contributed by atoms with Gasteiger partial charge in [-0.2, -0.15) is 0 Å². The smallest absolute Gasteiger partial charge is 0.270 e. The molecule has 0 saturated carbocycles. The number of nitrogens with zero attached hydrogens (tertiary/aromatic N) is 1. The van der Waals surface area contributed by atoms with Gasteiger partial charge >= 0.3 is 0 Å². The number of hydrogen-bond acceptors (Lipinski definition) is 5. The van der Waals surface area contributed by atoms with Gasteiger partial charge in [-0.05, 0) is 6.92 Å². The number of nitrogens with two attached hydrogens (primary N) is 1. The third kappa shape index (κ3) is 3.60. The van der Waals surface area contributed by atoms with Gasteiger partial charge in [-0.3, -0.25) is 9.00 Å². The summed E-state index contributed by atoms with van der Waals surface area (Å²) in [6, 6.07) is 0. The van der Waals surface area contributed by atoms with Crippen molar-refractivity contribution in [2.75, 3.05) is 18.5 Å². The minimum atomic E-state index is -0.935. The van der Waals surface area contributed by atoms with Gasteiger partial charge in [-0.15, -0.1) is 11.3 Å². The van der Waals surface area contributed by atoms with Crippen molar-refractivity contribution in [3.63, 3.8) is 0 Å². The standard InChI is InChI=1S/C8H13N3O2S2/c1-5(15(2)13)3-10-7(12)6-4-14-8(9)11-6/h4-5H,3H2,1-2H3,(H2,9,11)(H,10,12). The summed E-state index contributed by atoms with van der Waals surface area (Å²) in [6.07, 6.45) is 1.61. The first kappa shape index (κ1) is 12.1. The maximum atomic E-state index is 11.5. The van der Waals surface area contributed by atoms with Crippen LogP contribution in [0.4, 0.5) is 5.13 Å².